The van der Waals surface area contributed by atoms with E-state index >= 15 is 0 Å². The fraction of sp³-hybridized carbons (Fsp3) is 0.462. The molecular weight excluding hydrogens is 262 g/mol. The van der Waals surface area contributed by atoms with Gasteiger partial charge in [0.25, 0.3) is 0 Å². The first-order valence-corrected chi connectivity index (χ1v) is 7.15. The Bertz CT molecular complexity index is 627. The summed E-state index contributed by atoms with van der Waals surface area (Å²) < 4.78 is 1.04. The van der Waals surface area contributed by atoms with Gasteiger partial charge in [-0.1, -0.05) is 0 Å². The summed E-state index contributed by atoms with van der Waals surface area (Å²) in [5.74, 6) is 0.140. The first-order chi connectivity index (χ1) is 9.10. The molecule has 1 fully saturated rings. The van der Waals surface area contributed by atoms with Crippen LogP contribution in [0.5, 0.6) is 0 Å². The third kappa shape index (κ3) is 2.06. The van der Waals surface area contributed by atoms with E-state index in [-0.39, 0.29) is 0 Å². The maximum Gasteiger partial charge on any atom is 0.311 e. The molecule has 1 atom stereocenters. The lowest BCUT2D eigenvalue weighted by Crippen LogP contribution is -2.46. The predicted molar refractivity (Wildman–Crippen MR) is 74.6 cm³/mol. The van der Waals surface area contributed by atoms with Crippen LogP contribution >= 0.6 is 11.3 Å². The summed E-state index contributed by atoms with van der Waals surface area (Å²) in [5, 5.41) is 11.4. The molecule has 1 aliphatic heterocycles. The molecule has 0 bridgehead atoms. The van der Waals surface area contributed by atoms with Crippen molar-refractivity contribution in [3.8, 4) is 0 Å². The summed E-state index contributed by atoms with van der Waals surface area (Å²) in [5.41, 5.74) is 0.241. The Hall–Kier alpha value is -1.69. The van der Waals surface area contributed by atoms with E-state index in [0.29, 0.717) is 6.54 Å². The number of carbonyl (C=O) groups is 1. The number of carboxylic acid groups (broad SMARTS) is 1. The van der Waals surface area contributed by atoms with Gasteiger partial charge >= 0.3 is 5.97 Å². The smallest absolute Gasteiger partial charge is 0.311 e. The highest BCUT2D eigenvalue weighted by Crippen LogP contribution is 2.35. The number of fused-ring (bicyclic) bond motifs is 1. The monoisotopic (exact) mass is 277 g/mol. The van der Waals surface area contributed by atoms with Crippen molar-refractivity contribution < 1.29 is 9.90 Å². The molecule has 5 nitrogen and oxygen atoms in total. The number of hydrogen-bond donors (Lipinski definition) is 1. The highest BCUT2D eigenvalue weighted by Gasteiger charge is 2.38. The van der Waals surface area contributed by atoms with E-state index in [1.165, 1.54) is 0 Å². The standard InChI is InChI=1S/C13H15N3O2S/c1-13(12(17)18)4-2-5-16(7-13)11-10-9(3-6-19-10)14-8-15-11/h3,6,8H,2,4-5,7H2,1H3,(H,17,18). The van der Waals surface area contributed by atoms with E-state index < -0.39 is 11.4 Å². The van der Waals surface area contributed by atoms with Crippen LogP contribution in [0.4, 0.5) is 5.82 Å². The Balaban J connectivity index is 1.98. The molecule has 100 valence electrons. The molecule has 2 aromatic heterocycles. The van der Waals surface area contributed by atoms with Crippen LogP contribution in [0.2, 0.25) is 0 Å². The van der Waals surface area contributed by atoms with Gasteiger partial charge in [0.15, 0.2) is 0 Å². The first-order valence-electron chi connectivity index (χ1n) is 6.27. The summed E-state index contributed by atoms with van der Waals surface area (Å²) in [6, 6.07) is 1.96. The minimum Gasteiger partial charge on any atom is -0.481 e. The molecule has 0 aromatic carbocycles. The maximum atomic E-state index is 11.4. The van der Waals surface area contributed by atoms with Crippen molar-refractivity contribution in [2.24, 2.45) is 5.41 Å². The van der Waals surface area contributed by atoms with E-state index in [2.05, 4.69) is 14.9 Å². The molecule has 0 spiro atoms. The minimum atomic E-state index is -0.728. The second-order valence-corrected chi connectivity index (χ2v) is 6.14. The lowest BCUT2D eigenvalue weighted by molar-refractivity contribution is -0.148. The Kier molecular flexibility index (Phi) is 2.89. The SMILES string of the molecule is CC1(C(=O)O)CCCN(c2ncnc3ccsc23)C1. The molecule has 19 heavy (non-hydrogen) atoms. The second kappa shape index (κ2) is 4.45. The van der Waals surface area contributed by atoms with Gasteiger partial charge in [0.1, 0.15) is 12.1 Å². The van der Waals surface area contributed by atoms with Crippen LogP contribution < -0.4 is 4.90 Å². The van der Waals surface area contributed by atoms with Crippen LogP contribution in [0.15, 0.2) is 17.8 Å². The Labute approximate surface area is 114 Å². The summed E-state index contributed by atoms with van der Waals surface area (Å²) >= 11 is 1.60. The second-order valence-electron chi connectivity index (χ2n) is 5.22. The topological polar surface area (TPSA) is 66.3 Å². The van der Waals surface area contributed by atoms with Crippen LogP contribution in [0.1, 0.15) is 19.8 Å². The fourth-order valence-electron chi connectivity index (χ4n) is 2.60. The van der Waals surface area contributed by atoms with E-state index in [1.807, 2.05) is 18.4 Å². The van der Waals surface area contributed by atoms with Crippen molar-refractivity contribution in [3.05, 3.63) is 17.8 Å². The first kappa shape index (κ1) is 12.3. The summed E-state index contributed by atoms with van der Waals surface area (Å²) in [6.07, 6.45) is 3.15. The molecule has 1 saturated heterocycles. The van der Waals surface area contributed by atoms with Gasteiger partial charge in [0.2, 0.25) is 0 Å². The van der Waals surface area contributed by atoms with E-state index in [1.54, 1.807) is 17.7 Å². The number of hydrogen-bond acceptors (Lipinski definition) is 5. The highest BCUT2D eigenvalue weighted by molar-refractivity contribution is 7.17. The van der Waals surface area contributed by atoms with E-state index in [4.69, 9.17) is 0 Å². The van der Waals surface area contributed by atoms with Gasteiger partial charge in [-0.3, -0.25) is 4.79 Å². The number of thiophene rings is 1. The van der Waals surface area contributed by atoms with Crippen LogP contribution in [0, 0.1) is 5.41 Å². The zero-order chi connectivity index (χ0) is 13.5. The number of aliphatic carboxylic acids is 1. The van der Waals surface area contributed by atoms with Gasteiger partial charge in [0.05, 0.1) is 15.6 Å². The van der Waals surface area contributed by atoms with Crippen LogP contribution in [0.3, 0.4) is 0 Å². The third-order valence-corrected chi connectivity index (χ3v) is 4.64. The minimum absolute atomic E-state index is 0.506. The number of carboxylic acids is 1. The average molecular weight is 277 g/mol. The Morgan fingerprint density at radius 1 is 1.53 bits per heavy atom. The van der Waals surface area contributed by atoms with Crippen LogP contribution in [-0.2, 0) is 4.79 Å². The van der Waals surface area contributed by atoms with Crippen molar-refractivity contribution in [2.45, 2.75) is 19.8 Å². The molecule has 2 aromatic rings. The predicted octanol–water partition coefficient (Wildman–Crippen LogP) is 2.38. The largest absolute Gasteiger partial charge is 0.481 e. The zero-order valence-electron chi connectivity index (χ0n) is 10.7. The molecule has 1 aliphatic rings. The molecule has 0 aliphatic carbocycles. The van der Waals surface area contributed by atoms with E-state index in [0.717, 1.165) is 35.4 Å². The quantitative estimate of drug-likeness (QED) is 0.913. The molecule has 0 amide bonds. The number of piperidine rings is 1. The average Bonchev–Trinajstić information content (AvgIpc) is 2.86. The van der Waals surface area contributed by atoms with Crippen LogP contribution in [0.25, 0.3) is 10.2 Å². The third-order valence-electron chi connectivity index (χ3n) is 3.74. The molecular formula is C13H15N3O2S. The van der Waals surface area contributed by atoms with Gasteiger partial charge in [0, 0.05) is 13.1 Å². The van der Waals surface area contributed by atoms with Gasteiger partial charge in [-0.2, -0.15) is 0 Å². The number of anilines is 1. The van der Waals surface area contributed by atoms with Crippen molar-refractivity contribution in [2.75, 3.05) is 18.0 Å². The summed E-state index contributed by atoms with van der Waals surface area (Å²) in [4.78, 5) is 22.1. The van der Waals surface area contributed by atoms with Crippen LogP contribution in [-0.4, -0.2) is 34.1 Å². The molecule has 6 heteroatoms. The van der Waals surface area contributed by atoms with Crippen molar-refractivity contribution in [3.63, 3.8) is 0 Å². The summed E-state index contributed by atoms with van der Waals surface area (Å²) in [7, 11) is 0. The van der Waals surface area contributed by atoms with Gasteiger partial charge in [-0.25, -0.2) is 9.97 Å². The molecule has 1 unspecified atom stereocenters. The molecule has 3 heterocycles. The Morgan fingerprint density at radius 3 is 3.16 bits per heavy atom. The van der Waals surface area contributed by atoms with Crippen molar-refractivity contribution >= 4 is 33.3 Å². The molecule has 0 saturated carbocycles. The van der Waals surface area contributed by atoms with Gasteiger partial charge in [-0.05, 0) is 31.2 Å². The van der Waals surface area contributed by atoms with Gasteiger partial charge < -0.3 is 10.0 Å². The number of nitrogens with zero attached hydrogens (tertiary/aromatic N) is 3. The molecule has 0 radical (unpaired) electrons. The van der Waals surface area contributed by atoms with E-state index in [9.17, 15) is 9.90 Å². The number of rotatable bonds is 2. The maximum absolute atomic E-state index is 11.4. The lowest BCUT2D eigenvalue weighted by Gasteiger charge is -2.38. The molecule has 1 N–H and O–H groups in total. The van der Waals surface area contributed by atoms with Gasteiger partial charge in [-0.15, -0.1) is 11.3 Å². The van der Waals surface area contributed by atoms with Crippen molar-refractivity contribution in [1.29, 1.82) is 0 Å². The molecule has 3 rings (SSSR count). The normalized spacial score (nSPS) is 23.7. The lowest BCUT2D eigenvalue weighted by atomic mass is 9.82. The highest BCUT2D eigenvalue weighted by atomic mass is 32.1. The zero-order valence-corrected chi connectivity index (χ0v) is 11.5. The fourth-order valence-corrected chi connectivity index (χ4v) is 3.46. The Morgan fingerprint density at radius 2 is 2.37 bits per heavy atom. The number of aromatic nitrogens is 2. The summed E-state index contributed by atoms with van der Waals surface area (Å²) in [6.45, 7) is 3.17. The van der Waals surface area contributed by atoms with Crippen molar-refractivity contribution in [1.82, 2.24) is 9.97 Å².